The van der Waals surface area contributed by atoms with E-state index in [9.17, 15) is 0 Å². The molecule has 2 N–H and O–H groups in total. The van der Waals surface area contributed by atoms with Gasteiger partial charge in [0.25, 0.3) is 0 Å². The average molecular weight is 324 g/mol. The molecular formula is C22H31N2+. The smallest absolute Gasteiger partial charge is 0.0812 e. The summed E-state index contributed by atoms with van der Waals surface area (Å²) in [6, 6.07) is 11.2. The van der Waals surface area contributed by atoms with Crippen molar-refractivity contribution in [2.75, 3.05) is 19.6 Å². The number of hydrogen-bond acceptors (Lipinski definition) is 0. The van der Waals surface area contributed by atoms with Crippen molar-refractivity contribution in [2.24, 2.45) is 0 Å². The van der Waals surface area contributed by atoms with Crippen molar-refractivity contribution in [3.63, 3.8) is 0 Å². The number of rotatable bonds is 7. The molecule has 2 heteroatoms. The van der Waals surface area contributed by atoms with Gasteiger partial charge in [-0.3, -0.25) is 0 Å². The first-order valence-electron chi connectivity index (χ1n) is 9.48. The Kier molecular flexibility index (Phi) is 5.25. The quantitative estimate of drug-likeness (QED) is 0.650. The normalized spacial score (nSPS) is 11.9. The number of aromatic amines is 1. The Hall–Kier alpha value is -1.80. The second-order valence-electron chi connectivity index (χ2n) is 7.16. The van der Waals surface area contributed by atoms with Crippen molar-refractivity contribution in [1.82, 2.24) is 4.98 Å². The second-order valence-corrected chi connectivity index (χ2v) is 7.16. The van der Waals surface area contributed by atoms with Gasteiger partial charge >= 0.3 is 0 Å². The molecule has 0 atom stereocenters. The van der Waals surface area contributed by atoms with Gasteiger partial charge in [0.1, 0.15) is 0 Å². The largest absolute Gasteiger partial charge is 0.354 e. The average Bonchev–Trinajstić information content (AvgIpc) is 2.98. The SMILES string of the molecule is CCC[NH+](CCC)CCc1cccc2[nH]c3c(C)ccc(C)c3c12. The van der Waals surface area contributed by atoms with Gasteiger partial charge in [-0.25, -0.2) is 0 Å². The first-order chi connectivity index (χ1) is 11.7. The Balaban J connectivity index is 2.01. The van der Waals surface area contributed by atoms with Gasteiger partial charge < -0.3 is 9.88 Å². The summed E-state index contributed by atoms with van der Waals surface area (Å²) in [4.78, 5) is 5.40. The number of H-pyrrole nitrogens is 1. The van der Waals surface area contributed by atoms with Gasteiger partial charge in [-0.1, -0.05) is 38.1 Å². The molecule has 0 saturated carbocycles. The van der Waals surface area contributed by atoms with Crippen molar-refractivity contribution < 1.29 is 4.90 Å². The summed E-state index contributed by atoms with van der Waals surface area (Å²) >= 11 is 0. The van der Waals surface area contributed by atoms with Gasteiger partial charge in [-0.15, -0.1) is 0 Å². The lowest BCUT2D eigenvalue weighted by atomic mass is 9.99. The van der Waals surface area contributed by atoms with Crippen LogP contribution in [0.2, 0.25) is 0 Å². The van der Waals surface area contributed by atoms with E-state index in [1.165, 1.54) is 71.0 Å². The Morgan fingerprint density at radius 2 is 1.54 bits per heavy atom. The molecule has 1 aromatic heterocycles. The summed E-state index contributed by atoms with van der Waals surface area (Å²) in [6.45, 7) is 12.8. The molecule has 0 aliphatic carbocycles. The number of quaternary nitrogens is 1. The molecule has 3 aromatic rings. The maximum absolute atomic E-state index is 3.66. The molecule has 0 saturated heterocycles. The van der Waals surface area contributed by atoms with E-state index in [1.54, 1.807) is 4.90 Å². The van der Waals surface area contributed by atoms with E-state index in [0.29, 0.717) is 0 Å². The van der Waals surface area contributed by atoms with Crippen LogP contribution in [0.25, 0.3) is 21.8 Å². The molecule has 0 radical (unpaired) electrons. The molecule has 0 spiro atoms. The van der Waals surface area contributed by atoms with Crippen LogP contribution in [-0.2, 0) is 6.42 Å². The number of hydrogen-bond donors (Lipinski definition) is 2. The number of nitrogens with one attached hydrogen (secondary N) is 2. The highest BCUT2D eigenvalue weighted by atomic mass is 15.1. The van der Waals surface area contributed by atoms with Gasteiger partial charge in [0.2, 0.25) is 0 Å². The minimum Gasteiger partial charge on any atom is -0.354 e. The monoisotopic (exact) mass is 323 g/mol. The van der Waals surface area contributed by atoms with E-state index in [4.69, 9.17) is 0 Å². The zero-order chi connectivity index (χ0) is 17.1. The number of benzene rings is 2. The highest BCUT2D eigenvalue weighted by Gasteiger charge is 2.14. The summed E-state index contributed by atoms with van der Waals surface area (Å²) in [6.07, 6.45) is 3.70. The van der Waals surface area contributed by atoms with E-state index in [-0.39, 0.29) is 0 Å². The van der Waals surface area contributed by atoms with E-state index in [0.717, 1.165) is 6.42 Å². The Morgan fingerprint density at radius 3 is 2.25 bits per heavy atom. The lowest BCUT2D eigenvalue weighted by Crippen LogP contribution is -3.12. The summed E-state index contributed by atoms with van der Waals surface area (Å²) < 4.78 is 0. The van der Waals surface area contributed by atoms with Crippen LogP contribution < -0.4 is 4.90 Å². The molecule has 1 heterocycles. The third-order valence-electron chi connectivity index (χ3n) is 5.24. The van der Waals surface area contributed by atoms with E-state index in [1.807, 2.05) is 0 Å². The van der Waals surface area contributed by atoms with Crippen molar-refractivity contribution in [3.05, 3.63) is 47.0 Å². The minimum absolute atomic E-state index is 1.16. The lowest BCUT2D eigenvalue weighted by Gasteiger charge is -2.18. The van der Waals surface area contributed by atoms with Crippen molar-refractivity contribution >= 4 is 21.8 Å². The van der Waals surface area contributed by atoms with Crippen LogP contribution in [0, 0.1) is 13.8 Å². The van der Waals surface area contributed by atoms with Gasteiger partial charge in [-0.2, -0.15) is 0 Å². The van der Waals surface area contributed by atoms with Crippen LogP contribution in [0.5, 0.6) is 0 Å². The topological polar surface area (TPSA) is 20.2 Å². The molecule has 0 unspecified atom stereocenters. The van der Waals surface area contributed by atoms with Crippen LogP contribution in [0.1, 0.15) is 43.4 Å². The minimum atomic E-state index is 1.16. The van der Waals surface area contributed by atoms with Crippen LogP contribution >= 0.6 is 0 Å². The van der Waals surface area contributed by atoms with Gasteiger partial charge in [0.05, 0.1) is 19.6 Å². The van der Waals surface area contributed by atoms with Gasteiger partial charge in [0, 0.05) is 28.2 Å². The van der Waals surface area contributed by atoms with Crippen molar-refractivity contribution in [2.45, 2.75) is 47.0 Å². The first kappa shape index (κ1) is 17.0. The van der Waals surface area contributed by atoms with Gasteiger partial charge in [0.15, 0.2) is 0 Å². The third-order valence-corrected chi connectivity index (χ3v) is 5.24. The van der Waals surface area contributed by atoms with Crippen LogP contribution in [0.3, 0.4) is 0 Å². The van der Waals surface area contributed by atoms with E-state index in [2.05, 4.69) is 63.0 Å². The first-order valence-corrected chi connectivity index (χ1v) is 9.48. The molecule has 24 heavy (non-hydrogen) atoms. The highest BCUT2D eigenvalue weighted by Crippen LogP contribution is 2.32. The zero-order valence-electron chi connectivity index (χ0n) is 15.6. The fourth-order valence-electron chi connectivity index (χ4n) is 4.03. The molecule has 0 aliphatic heterocycles. The Morgan fingerprint density at radius 1 is 0.833 bits per heavy atom. The van der Waals surface area contributed by atoms with E-state index >= 15 is 0 Å². The van der Waals surface area contributed by atoms with Gasteiger partial charge in [-0.05, 0) is 49.4 Å². The molecule has 2 aromatic carbocycles. The fourth-order valence-corrected chi connectivity index (χ4v) is 4.03. The van der Waals surface area contributed by atoms with E-state index < -0.39 is 0 Å². The predicted octanol–water partition coefficient (Wildman–Crippen LogP) is 4.19. The highest BCUT2D eigenvalue weighted by molar-refractivity contribution is 6.11. The number of fused-ring (bicyclic) bond motifs is 3. The fraction of sp³-hybridized carbons (Fsp3) is 0.455. The van der Waals surface area contributed by atoms with Crippen molar-refractivity contribution in [3.8, 4) is 0 Å². The number of aromatic nitrogens is 1. The standard InChI is InChI=1S/C22H30N2/c1-5-13-24(14-6-2)15-12-18-8-7-9-19-21(18)20-16(3)10-11-17(4)22(20)23-19/h7-11,23H,5-6,12-15H2,1-4H3/p+1. The molecule has 0 amide bonds. The van der Waals surface area contributed by atoms with Crippen LogP contribution in [0.4, 0.5) is 0 Å². The summed E-state index contributed by atoms with van der Waals surface area (Å²) in [5, 5.41) is 2.87. The maximum atomic E-state index is 3.66. The molecule has 0 bridgehead atoms. The van der Waals surface area contributed by atoms with Crippen molar-refractivity contribution in [1.29, 1.82) is 0 Å². The molecule has 2 nitrogen and oxygen atoms in total. The summed E-state index contributed by atoms with van der Waals surface area (Å²) in [5.41, 5.74) is 6.80. The lowest BCUT2D eigenvalue weighted by molar-refractivity contribution is -0.900. The van der Waals surface area contributed by atoms with Crippen LogP contribution in [0.15, 0.2) is 30.3 Å². The zero-order valence-corrected chi connectivity index (χ0v) is 15.6. The third kappa shape index (κ3) is 3.21. The molecule has 0 aliphatic rings. The number of aryl methyl sites for hydroxylation is 2. The molecule has 0 fully saturated rings. The van der Waals surface area contributed by atoms with Crippen LogP contribution in [-0.4, -0.2) is 24.6 Å². The second kappa shape index (κ2) is 7.40. The predicted molar refractivity (Wildman–Crippen MR) is 105 cm³/mol. The molecule has 128 valence electrons. The Labute approximate surface area is 145 Å². The molecular weight excluding hydrogens is 292 g/mol. The summed E-state index contributed by atoms with van der Waals surface area (Å²) in [5.74, 6) is 0. The molecule has 3 rings (SSSR count). The maximum Gasteiger partial charge on any atom is 0.0812 e. The summed E-state index contributed by atoms with van der Waals surface area (Å²) in [7, 11) is 0. The Bertz CT molecular complexity index is 823.